The fourth-order valence-corrected chi connectivity index (χ4v) is 2.52. The minimum atomic E-state index is -0.570. The van der Waals surface area contributed by atoms with Crippen LogP contribution in [-0.4, -0.2) is 22.1 Å². The zero-order valence-electron chi connectivity index (χ0n) is 14.0. The number of nitrogens with zero attached hydrogens (tertiary/aromatic N) is 2. The number of amides is 1. The van der Waals surface area contributed by atoms with Gasteiger partial charge in [0.2, 0.25) is 0 Å². The summed E-state index contributed by atoms with van der Waals surface area (Å²) in [6.45, 7) is -0.286. The smallest absolute Gasteiger partial charge is 0.258 e. The molecule has 0 saturated carbocycles. The lowest BCUT2D eigenvalue weighted by Crippen LogP contribution is -2.34. The zero-order chi connectivity index (χ0) is 18.5. The molecule has 1 unspecified atom stereocenters. The molecule has 0 saturated heterocycles. The maximum Gasteiger partial charge on any atom is 0.258 e. The number of rotatable bonds is 6. The molecular weight excluding hydrogens is 340 g/mol. The number of benzene rings is 2. The Labute approximate surface area is 149 Å². The Bertz CT molecular complexity index is 894. The van der Waals surface area contributed by atoms with Crippen molar-refractivity contribution in [2.45, 2.75) is 6.04 Å². The van der Waals surface area contributed by atoms with E-state index in [0.717, 1.165) is 0 Å². The van der Waals surface area contributed by atoms with E-state index >= 15 is 0 Å². The predicted octanol–water partition coefficient (Wildman–Crippen LogP) is 2.98. The quantitative estimate of drug-likeness (QED) is 0.738. The number of hydrogen-bond acceptors (Lipinski definition) is 3. The van der Waals surface area contributed by atoms with Gasteiger partial charge in [0.05, 0.1) is 0 Å². The SMILES string of the molecule is Cn1ccnc1C(NC(=O)COc1cccc(F)c1)c1ccc(F)cc1. The van der Waals surface area contributed by atoms with E-state index in [1.807, 2.05) is 0 Å². The highest BCUT2D eigenvalue weighted by atomic mass is 19.1. The summed E-state index contributed by atoms with van der Waals surface area (Å²) < 4.78 is 33.5. The first-order valence-corrected chi connectivity index (χ1v) is 7.93. The molecule has 1 N–H and O–H groups in total. The molecule has 0 bridgehead atoms. The molecular formula is C19H17F2N3O2. The molecule has 0 fully saturated rings. The van der Waals surface area contributed by atoms with Crippen molar-refractivity contribution >= 4 is 5.91 Å². The first-order chi connectivity index (χ1) is 12.5. The molecule has 1 aromatic heterocycles. The molecule has 0 aliphatic rings. The van der Waals surface area contributed by atoms with E-state index in [-0.39, 0.29) is 18.2 Å². The van der Waals surface area contributed by atoms with Gasteiger partial charge >= 0.3 is 0 Å². The van der Waals surface area contributed by atoms with Crippen LogP contribution in [-0.2, 0) is 11.8 Å². The molecule has 2 aromatic carbocycles. The molecule has 3 aromatic rings. The van der Waals surface area contributed by atoms with Gasteiger partial charge in [0.25, 0.3) is 5.91 Å². The topological polar surface area (TPSA) is 56.2 Å². The Morgan fingerprint density at radius 2 is 1.96 bits per heavy atom. The fraction of sp³-hybridized carbons (Fsp3) is 0.158. The number of halogens is 2. The Morgan fingerprint density at radius 1 is 1.19 bits per heavy atom. The largest absolute Gasteiger partial charge is 0.484 e. The van der Waals surface area contributed by atoms with Gasteiger partial charge in [0, 0.05) is 25.5 Å². The Hall–Kier alpha value is -3.22. The third-order valence-corrected chi connectivity index (χ3v) is 3.79. The molecule has 1 amide bonds. The van der Waals surface area contributed by atoms with E-state index in [0.29, 0.717) is 11.4 Å². The van der Waals surface area contributed by atoms with Crippen LogP contribution in [0.25, 0.3) is 0 Å². The highest BCUT2D eigenvalue weighted by Crippen LogP contribution is 2.21. The second-order valence-corrected chi connectivity index (χ2v) is 5.69. The number of imidazole rings is 1. The summed E-state index contributed by atoms with van der Waals surface area (Å²) in [5, 5.41) is 2.82. The summed E-state index contributed by atoms with van der Waals surface area (Å²) in [5.41, 5.74) is 0.680. The third kappa shape index (κ3) is 4.24. The monoisotopic (exact) mass is 357 g/mol. The lowest BCUT2D eigenvalue weighted by atomic mass is 10.1. The van der Waals surface area contributed by atoms with E-state index < -0.39 is 17.8 Å². The van der Waals surface area contributed by atoms with Gasteiger partial charge in [-0.15, -0.1) is 0 Å². The van der Waals surface area contributed by atoms with Crippen molar-refractivity contribution in [3.63, 3.8) is 0 Å². The summed E-state index contributed by atoms with van der Waals surface area (Å²) in [6, 6.07) is 10.8. The third-order valence-electron chi connectivity index (χ3n) is 3.79. The molecule has 0 radical (unpaired) electrons. The molecule has 0 spiro atoms. The molecule has 0 aliphatic carbocycles. The number of nitrogens with one attached hydrogen (secondary N) is 1. The summed E-state index contributed by atoms with van der Waals surface area (Å²) >= 11 is 0. The maximum absolute atomic E-state index is 13.2. The van der Waals surface area contributed by atoms with Gasteiger partial charge in [0.15, 0.2) is 6.61 Å². The molecule has 0 aliphatic heterocycles. The van der Waals surface area contributed by atoms with Gasteiger partial charge in [-0.1, -0.05) is 18.2 Å². The van der Waals surface area contributed by atoms with Gasteiger partial charge in [-0.25, -0.2) is 13.8 Å². The maximum atomic E-state index is 13.2. The van der Waals surface area contributed by atoms with Crippen LogP contribution in [0.5, 0.6) is 5.75 Å². The molecule has 1 heterocycles. The standard InChI is InChI=1S/C19H17F2N3O2/c1-24-10-9-22-19(24)18(13-5-7-14(20)8-6-13)23-17(25)12-26-16-4-2-3-15(21)11-16/h2-11,18H,12H2,1H3,(H,23,25). The Morgan fingerprint density at radius 3 is 2.62 bits per heavy atom. The van der Waals surface area contributed by atoms with Crippen LogP contribution < -0.4 is 10.1 Å². The van der Waals surface area contributed by atoms with Crippen molar-refractivity contribution in [1.82, 2.24) is 14.9 Å². The second-order valence-electron chi connectivity index (χ2n) is 5.69. The number of carbonyl (C=O) groups excluding carboxylic acids is 1. The van der Waals surface area contributed by atoms with E-state index in [4.69, 9.17) is 4.74 Å². The first-order valence-electron chi connectivity index (χ1n) is 7.93. The van der Waals surface area contributed by atoms with Crippen LogP contribution in [0.4, 0.5) is 8.78 Å². The first kappa shape index (κ1) is 17.6. The second kappa shape index (κ2) is 7.77. The van der Waals surface area contributed by atoms with Gasteiger partial charge < -0.3 is 14.6 Å². The van der Waals surface area contributed by atoms with Gasteiger partial charge in [0.1, 0.15) is 29.3 Å². The summed E-state index contributed by atoms with van der Waals surface area (Å²) in [7, 11) is 1.80. The van der Waals surface area contributed by atoms with Gasteiger partial charge in [-0.2, -0.15) is 0 Å². The van der Waals surface area contributed by atoms with E-state index in [1.165, 1.54) is 30.3 Å². The summed E-state index contributed by atoms with van der Waals surface area (Å²) in [5.74, 6) is -0.369. The number of aromatic nitrogens is 2. The van der Waals surface area contributed by atoms with Crippen LogP contribution in [0.2, 0.25) is 0 Å². The van der Waals surface area contributed by atoms with Crippen LogP contribution >= 0.6 is 0 Å². The lowest BCUT2D eigenvalue weighted by Gasteiger charge is -2.19. The number of ether oxygens (including phenoxy) is 1. The molecule has 134 valence electrons. The van der Waals surface area contributed by atoms with Gasteiger partial charge in [-0.3, -0.25) is 4.79 Å². The van der Waals surface area contributed by atoms with E-state index in [9.17, 15) is 13.6 Å². The highest BCUT2D eigenvalue weighted by molar-refractivity contribution is 5.78. The van der Waals surface area contributed by atoms with Crippen molar-refractivity contribution < 1.29 is 18.3 Å². The summed E-state index contributed by atoms with van der Waals surface area (Å²) in [4.78, 5) is 16.6. The minimum Gasteiger partial charge on any atom is -0.484 e. The predicted molar refractivity (Wildman–Crippen MR) is 91.5 cm³/mol. The molecule has 5 nitrogen and oxygen atoms in total. The lowest BCUT2D eigenvalue weighted by molar-refractivity contribution is -0.123. The minimum absolute atomic E-state index is 0.260. The number of carbonyl (C=O) groups is 1. The average molecular weight is 357 g/mol. The molecule has 7 heteroatoms. The fourth-order valence-electron chi connectivity index (χ4n) is 2.52. The van der Waals surface area contributed by atoms with E-state index in [1.54, 1.807) is 42.2 Å². The van der Waals surface area contributed by atoms with Crippen LogP contribution in [0.3, 0.4) is 0 Å². The Kier molecular flexibility index (Phi) is 5.26. The van der Waals surface area contributed by atoms with Crippen molar-refractivity contribution in [3.05, 3.63) is 83.9 Å². The van der Waals surface area contributed by atoms with Crippen LogP contribution in [0.1, 0.15) is 17.4 Å². The van der Waals surface area contributed by atoms with Crippen LogP contribution in [0.15, 0.2) is 60.9 Å². The highest BCUT2D eigenvalue weighted by Gasteiger charge is 2.21. The molecule has 1 atom stereocenters. The van der Waals surface area contributed by atoms with Crippen molar-refractivity contribution in [3.8, 4) is 5.75 Å². The van der Waals surface area contributed by atoms with Crippen molar-refractivity contribution in [2.75, 3.05) is 6.61 Å². The number of hydrogen-bond donors (Lipinski definition) is 1. The van der Waals surface area contributed by atoms with E-state index in [2.05, 4.69) is 10.3 Å². The van der Waals surface area contributed by atoms with Crippen LogP contribution in [0, 0.1) is 11.6 Å². The van der Waals surface area contributed by atoms with Gasteiger partial charge in [-0.05, 0) is 29.8 Å². The number of aryl methyl sites for hydroxylation is 1. The average Bonchev–Trinajstić information content (AvgIpc) is 3.05. The molecule has 3 rings (SSSR count). The Balaban J connectivity index is 1.74. The summed E-state index contributed by atoms with van der Waals surface area (Å²) in [6.07, 6.45) is 3.36. The normalized spacial score (nSPS) is 11.8. The van der Waals surface area contributed by atoms with Crippen molar-refractivity contribution in [1.29, 1.82) is 0 Å². The van der Waals surface area contributed by atoms with Crippen molar-refractivity contribution in [2.24, 2.45) is 7.05 Å². The zero-order valence-corrected chi connectivity index (χ0v) is 14.0. The molecule has 26 heavy (non-hydrogen) atoms.